The molecule has 0 saturated carbocycles. The molecule has 3 aromatic rings. The largest absolute Gasteiger partial charge is 0.352 e. The number of amides is 2. The molecular weight excluding hydrogens is 558 g/mol. The zero-order chi connectivity index (χ0) is 30.3. The van der Waals surface area contributed by atoms with Crippen molar-refractivity contribution in [2.45, 2.75) is 77.4 Å². The van der Waals surface area contributed by atoms with Gasteiger partial charge in [-0.3, -0.25) is 13.9 Å². The van der Waals surface area contributed by atoms with Gasteiger partial charge in [-0.2, -0.15) is 0 Å². The molecule has 7 nitrogen and oxygen atoms in total. The van der Waals surface area contributed by atoms with Crippen LogP contribution in [-0.4, -0.2) is 43.8 Å². The van der Waals surface area contributed by atoms with Gasteiger partial charge in [-0.25, -0.2) is 8.42 Å². The zero-order valence-electron chi connectivity index (χ0n) is 24.6. The first kappa shape index (κ1) is 32.2. The summed E-state index contributed by atoms with van der Waals surface area (Å²) in [6, 6.07) is 19.8. The Morgan fingerprint density at radius 3 is 1.98 bits per heavy atom. The van der Waals surface area contributed by atoms with Gasteiger partial charge in [0.1, 0.15) is 12.6 Å². The Hall–Kier alpha value is -3.36. The Labute approximate surface area is 249 Å². The van der Waals surface area contributed by atoms with E-state index in [9.17, 15) is 18.0 Å². The van der Waals surface area contributed by atoms with Crippen molar-refractivity contribution in [3.8, 4) is 0 Å². The molecule has 0 saturated heterocycles. The van der Waals surface area contributed by atoms with Crippen LogP contribution in [0.3, 0.4) is 0 Å². The lowest BCUT2D eigenvalue weighted by Crippen LogP contribution is -2.53. The molecular formula is C32H40ClN3O4S. The molecule has 0 bridgehead atoms. The highest BCUT2D eigenvalue weighted by Crippen LogP contribution is 2.27. The number of anilines is 1. The van der Waals surface area contributed by atoms with Crippen molar-refractivity contribution in [3.63, 3.8) is 0 Å². The van der Waals surface area contributed by atoms with E-state index in [4.69, 9.17) is 11.6 Å². The number of carbonyl (C=O) groups is 2. The molecule has 1 unspecified atom stereocenters. The van der Waals surface area contributed by atoms with E-state index in [1.54, 1.807) is 60.7 Å². The topological polar surface area (TPSA) is 86.8 Å². The fourth-order valence-corrected chi connectivity index (χ4v) is 6.02. The molecule has 0 heterocycles. The molecule has 9 heteroatoms. The Morgan fingerprint density at radius 2 is 1.46 bits per heavy atom. The normalized spacial score (nSPS) is 12.3. The molecule has 0 fully saturated rings. The molecule has 1 N–H and O–H groups in total. The summed E-state index contributed by atoms with van der Waals surface area (Å²) in [6.07, 6.45) is 0.353. The van der Waals surface area contributed by atoms with E-state index in [1.807, 2.05) is 39.8 Å². The quantitative estimate of drug-likeness (QED) is 0.265. The van der Waals surface area contributed by atoms with Crippen LogP contribution in [0.25, 0.3) is 0 Å². The summed E-state index contributed by atoms with van der Waals surface area (Å²) in [4.78, 5) is 28.9. The molecule has 0 aromatic heterocycles. The second-order valence-corrected chi connectivity index (χ2v) is 13.1. The van der Waals surface area contributed by atoms with Gasteiger partial charge in [0.05, 0.1) is 10.6 Å². The molecule has 220 valence electrons. The predicted molar refractivity (Wildman–Crippen MR) is 166 cm³/mol. The maximum Gasteiger partial charge on any atom is 0.264 e. The third-order valence-corrected chi connectivity index (χ3v) is 8.86. The third-order valence-electron chi connectivity index (χ3n) is 6.82. The van der Waals surface area contributed by atoms with Gasteiger partial charge in [0, 0.05) is 17.6 Å². The maximum absolute atomic E-state index is 14.1. The van der Waals surface area contributed by atoms with Gasteiger partial charge in [0.25, 0.3) is 10.0 Å². The summed E-state index contributed by atoms with van der Waals surface area (Å²) in [6.45, 7) is 11.2. The fraction of sp³-hybridized carbons (Fsp3) is 0.375. The van der Waals surface area contributed by atoms with Gasteiger partial charge in [-0.1, -0.05) is 74.3 Å². The molecule has 0 aliphatic carbocycles. The number of aryl methyl sites for hydroxylation is 1. The average molecular weight is 598 g/mol. The highest BCUT2D eigenvalue weighted by Gasteiger charge is 2.33. The van der Waals surface area contributed by atoms with Crippen molar-refractivity contribution in [2.75, 3.05) is 10.8 Å². The van der Waals surface area contributed by atoms with Gasteiger partial charge in [-0.15, -0.1) is 0 Å². The van der Waals surface area contributed by atoms with Crippen LogP contribution in [0.5, 0.6) is 0 Å². The van der Waals surface area contributed by atoms with Crippen molar-refractivity contribution in [2.24, 2.45) is 0 Å². The van der Waals surface area contributed by atoms with Gasteiger partial charge in [0.2, 0.25) is 11.8 Å². The van der Waals surface area contributed by atoms with E-state index in [0.29, 0.717) is 17.1 Å². The summed E-state index contributed by atoms with van der Waals surface area (Å²) in [5.74, 6) is -0.527. The number of nitrogens with zero attached hydrogens (tertiary/aromatic N) is 2. The lowest BCUT2D eigenvalue weighted by atomic mass is 10.0. The monoisotopic (exact) mass is 597 g/mol. The van der Waals surface area contributed by atoms with E-state index in [-0.39, 0.29) is 29.3 Å². The number of rotatable bonds is 12. The molecule has 0 aliphatic rings. The number of benzene rings is 3. The van der Waals surface area contributed by atoms with Gasteiger partial charge in [-0.05, 0) is 80.6 Å². The molecule has 3 aromatic carbocycles. The van der Waals surface area contributed by atoms with Crippen molar-refractivity contribution < 1.29 is 18.0 Å². The maximum atomic E-state index is 14.1. The minimum Gasteiger partial charge on any atom is -0.352 e. The Balaban J connectivity index is 2.07. The summed E-state index contributed by atoms with van der Waals surface area (Å²) >= 11 is 6.08. The molecule has 2 amide bonds. The first-order valence-corrected chi connectivity index (χ1v) is 15.7. The number of hydrogen-bond acceptors (Lipinski definition) is 4. The van der Waals surface area contributed by atoms with Crippen LogP contribution in [-0.2, 0) is 26.2 Å². The Kier molecular flexibility index (Phi) is 11.0. The highest BCUT2D eigenvalue weighted by molar-refractivity contribution is 7.92. The van der Waals surface area contributed by atoms with Gasteiger partial charge < -0.3 is 10.2 Å². The lowest BCUT2D eigenvalue weighted by Gasteiger charge is -2.33. The van der Waals surface area contributed by atoms with Crippen LogP contribution in [0.4, 0.5) is 5.69 Å². The molecule has 41 heavy (non-hydrogen) atoms. The van der Waals surface area contributed by atoms with E-state index < -0.39 is 28.5 Å². The number of carbonyl (C=O) groups excluding carboxylic acids is 2. The summed E-state index contributed by atoms with van der Waals surface area (Å²) < 4.78 is 29.1. The molecule has 0 spiro atoms. The van der Waals surface area contributed by atoms with Crippen LogP contribution in [0.15, 0.2) is 77.7 Å². The minimum atomic E-state index is -4.11. The van der Waals surface area contributed by atoms with Gasteiger partial charge >= 0.3 is 0 Å². The average Bonchev–Trinajstić information content (AvgIpc) is 2.92. The van der Waals surface area contributed by atoms with Crippen molar-refractivity contribution in [3.05, 3.63) is 94.5 Å². The van der Waals surface area contributed by atoms with Crippen molar-refractivity contribution in [1.29, 1.82) is 0 Å². The second kappa shape index (κ2) is 14.0. The van der Waals surface area contributed by atoms with Crippen LogP contribution in [0.2, 0.25) is 5.02 Å². The van der Waals surface area contributed by atoms with Crippen LogP contribution < -0.4 is 9.62 Å². The van der Waals surface area contributed by atoms with E-state index >= 15 is 0 Å². The van der Waals surface area contributed by atoms with Crippen molar-refractivity contribution in [1.82, 2.24) is 10.2 Å². The second-order valence-electron chi connectivity index (χ2n) is 10.8. The van der Waals surface area contributed by atoms with E-state index in [1.165, 1.54) is 4.90 Å². The van der Waals surface area contributed by atoms with E-state index in [2.05, 4.69) is 19.2 Å². The highest BCUT2D eigenvalue weighted by atomic mass is 35.5. The van der Waals surface area contributed by atoms with Crippen molar-refractivity contribution >= 4 is 39.1 Å². The number of nitrogens with one attached hydrogen (secondary N) is 1. The summed E-state index contributed by atoms with van der Waals surface area (Å²) in [7, 11) is -4.11. The SMILES string of the molecule is CCC(C(=O)NC(C)C)N(Cc1ccc(Cl)cc1)C(=O)CN(c1ccc(C(C)C)cc1)S(=O)(=O)c1ccc(C)cc1. The molecule has 0 aliphatic heterocycles. The standard InChI is InChI=1S/C32H40ClN3O4S/c1-7-30(32(38)34-23(4)5)35(20-25-10-14-27(33)15-11-25)31(37)21-36(28-16-12-26(13-17-28)22(2)3)41(39,40)29-18-8-24(6)9-19-29/h8-19,22-23,30H,7,20-21H2,1-6H3,(H,34,38). The first-order chi connectivity index (χ1) is 19.3. The number of hydrogen-bond donors (Lipinski definition) is 1. The summed E-state index contributed by atoms with van der Waals surface area (Å²) in [5, 5.41) is 3.45. The smallest absolute Gasteiger partial charge is 0.264 e. The third kappa shape index (κ3) is 8.33. The molecule has 1 atom stereocenters. The zero-order valence-corrected chi connectivity index (χ0v) is 26.2. The number of halogens is 1. The van der Waals surface area contributed by atoms with E-state index in [0.717, 1.165) is 21.0 Å². The van der Waals surface area contributed by atoms with Gasteiger partial charge in [0.15, 0.2) is 0 Å². The number of sulfonamides is 1. The minimum absolute atomic E-state index is 0.0812. The summed E-state index contributed by atoms with van der Waals surface area (Å²) in [5.41, 5.74) is 3.11. The molecule has 0 radical (unpaired) electrons. The first-order valence-electron chi connectivity index (χ1n) is 13.9. The Bertz CT molecular complexity index is 1420. The fourth-order valence-electron chi connectivity index (χ4n) is 4.48. The Morgan fingerprint density at radius 1 is 0.878 bits per heavy atom. The molecule has 3 rings (SSSR count). The lowest BCUT2D eigenvalue weighted by molar-refractivity contribution is -0.140. The predicted octanol–water partition coefficient (Wildman–Crippen LogP) is 6.30. The van der Waals surface area contributed by atoms with Crippen LogP contribution >= 0.6 is 11.6 Å². The van der Waals surface area contributed by atoms with Crippen LogP contribution in [0.1, 0.15) is 63.6 Å². The van der Waals surface area contributed by atoms with Crippen LogP contribution in [0, 0.1) is 6.92 Å².